The van der Waals surface area contributed by atoms with Crippen molar-refractivity contribution in [2.75, 3.05) is 5.32 Å². The van der Waals surface area contributed by atoms with Crippen molar-refractivity contribution < 1.29 is 9.18 Å². The minimum absolute atomic E-state index is 0.0339. The van der Waals surface area contributed by atoms with Crippen LogP contribution in [-0.2, 0) is 6.42 Å². The number of ketones is 1. The third-order valence-corrected chi connectivity index (χ3v) is 4.33. The second-order valence-electron chi connectivity index (χ2n) is 7.30. The van der Waals surface area contributed by atoms with Gasteiger partial charge in [0.05, 0.1) is 17.3 Å². The van der Waals surface area contributed by atoms with Gasteiger partial charge in [0.1, 0.15) is 0 Å². The maximum atomic E-state index is 13.9. The number of nitrogens with one attached hydrogen (secondary N) is 1. The Kier molecular flexibility index (Phi) is 5.78. The Morgan fingerprint density at radius 1 is 1.07 bits per heavy atom. The van der Waals surface area contributed by atoms with Crippen LogP contribution >= 0.6 is 0 Å². The first kappa shape index (κ1) is 19.6. The van der Waals surface area contributed by atoms with Gasteiger partial charge in [-0.15, -0.1) is 0 Å². The van der Waals surface area contributed by atoms with Gasteiger partial charge in [0, 0.05) is 23.8 Å². The van der Waals surface area contributed by atoms with Crippen LogP contribution in [0.4, 0.5) is 16.0 Å². The number of aromatic nitrogens is 3. The van der Waals surface area contributed by atoms with Crippen LogP contribution in [0.2, 0.25) is 0 Å². The predicted octanol–water partition coefficient (Wildman–Crippen LogP) is 4.80. The van der Waals surface area contributed by atoms with E-state index in [0.717, 1.165) is 23.9 Å². The molecule has 0 aliphatic carbocycles. The van der Waals surface area contributed by atoms with Crippen molar-refractivity contribution in [3.63, 3.8) is 0 Å². The zero-order valence-corrected chi connectivity index (χ0v) is 16.5. The summed E-state index contributed by atoms with van der Waals surface area (Å²) < 4.78 is 13.9. The topological polar surface area (TPSA) is 67.8 Å². The van der Waals surface area contributed by atoms with E-state index in [9.17, 15) is 9.18 Å². The molecule has 5 nitrogen and oxygen atoms in total. The standard InChI is InChI=1S/C22H23FN4O/c1-13(2)7-16-5-6-20(14(3)8-16)27-22-25-10-17(11-26-22)21(28)18-9-15(4)24-12-19(18)23/h5-6,8-13H,7H2,1-4H3,(H,25,26,27). The smallest absolute Gasteiger partial charge is 0.227 e. The molecule has 144 valence electrons. The number of carbonyl (C=O) groups excluding carboxylic acids is 1. The first-order valence-electron chi connectivity index (χ1n) is 9.19. The Labute approximate surface area is 164 Å². The van der Waals surface area contributed by atoms with Crippen molar-refractivity contribution in [2.24, 2.45) is 5.92 Å². The summed E-state index contributed by atoms with van der Waals surface area (Å²) in [4.78, 5) is 24.7. The molecule has 0 fully saturated rings. The summed E-state index contributed by atoms with van der Waals surface area (Å²) in [5.74, 6) is -0.151. The molecule has 0 aliphatic rings. The molecule has 0 saturated carbocycles. The van der Waals surface area contributed by atoms with Gasteiger partial charge in [0.2, 0.25) is 5.95 Å². The molecule has 0 spiro atoms. The van der Waals surface area contributed by atoms with Gasteiger partial charge in [-0.25, -0.2) is 14.4 Å². The number of benzene rings is 1. The molecule has 2 heterocycles. The van der Waals surface area contributed by atoms with E-state index in [2.05, 4.69) is 46.2 Å². The molecule has 2 aromatic heterocycles. The van der Waals surface area contributed by atoms with Crippen LogP contribution in [0.1, 0.15) is 46.6 Å². The fourth-order valence-corrected chi connectivity index (χ4v) is 2.97. The monoisotopic (exact) mass is 378 g/mol. The molecule has 1 aromatic carbocycles. The highest BCUT2D eigenvalue weighted by atomic mass is 19.1. The Morgan fingerprint density at radius 3 is 2.43 bits per heavy atom. The van der Waals surface area contributed by atoms with Crippen molar-refractivity contribution in [3.8, 4) is 0 Å². The van der Waals surface area contributed by atoms with E-state index in [-0.39, 0.29) is 11.1 Å². The highest BCUT2D eigenvalue weighted by molar-refractivity contribution is 6.08. The molecule has 1 N–H and O–H groups in total. The third-order valence-electron chi connectivity index (χ3n) is 4.33. The number of pyridine rings is 1. The van der Waals surface area contributed by atoms with E-state index in [1.807, 2.05) is 13.0 Å². The average molecular weight is 378 g/mol. The molecule has 3 aromatic rings. The SMILES string of the molecule is Cc1cc(C(=O)c2cnc(Nc3ccc(CC(C)C)cc3C)nc2)c(F)cn1. The lowest BCUT2D eigenvalue weighted by Gasteiger charge is -2.11. The van der Waals surface area contributed by atoms with Gasteiger partial charge in [-0.1, -0.05) is 26.0 Å². The number of hydrogen-bond donors (Lipinski definition) is 1. The second kappa shape index (κ2) is 8.25. The molecular weight excluding hydrogens is 355 g/mol. The molecule has 3 rings (SSSR count). The number of halogens is 1. The van der Waals surface area contributed by atoms with Crippen molar-refractivity contribution in [1.29, 1.82) is 0 Å². The maximum Gasteiger partial charge on any atom is 0.227 e. The van der Waals surface area contributed by atoms with Gasteiger partial charge in [-0.05, 0) is 49.4 Å². The molecule has 0 atom stereocenters. The number of aryl methyl sites for hydroxylation is 2. The molecule has 0 amide bonds. The number of rotatable bonds is 6. The second-order valence-corrected chi connectivity index (χ2v) is 7.30. The van der Waals surface area contributed by atoms with E-state index in [4.69, 9.17) is 0 Å². The van der Waals surface area contributed by atoms with Crippen molar-refractivity contribution in [3.05, 3.63) is 76.6 Å². The third kappa shape index (κ3) is 4.57. The Morgan fingerprint density at radius 2 is 1.79 bits per heavy atom. The van der Waals surface area contributed by atoms with Crippen LogP contribution in [-0.4, -0.2) is 20.7 Å². The van der Waals surface area contributed by atoms with E-state index in [1.54, 1.807) is 6.92 Å². The molecule has 28 heavy (non-hydrogen) atoms. The fourth-order valence-electron chi connectivity index (χ4n) is 2.97. The van der Waals surface area contributed by atoms with Gasteiger partial charge < -0.3 is 5.32 Å². The highest BCUT2D eigenvalue weighted by Crippen LogP contribution is 2.21. The number of anilines is 2. The normalized spacial score (nSPS) is 10.9. The average Bonchev–Trinajstić information content (AvgIpc) is 2.65. The van der Waals surface area contributed by atoms with E-state index in [1.165, 1.54) is 24.0 Å². The van der Waals surface area contributed by atoms with Crippen LogP contribution in [0.25, 0.3) is 0 Å². The van der Waals surface area contributed by atoms with Crippen LogP contribution in [0.3, 0.4) is 0 Å². The van der Waals surface area contributed by atoms with Crippen molar-refractivity contribution >= 4 is 17.4 Å². The van der Waals surface area contributed by atoms with Crippen molar-refractivity contribution in [2.45, 2.75) is 34.1 Å². The molecule has 0 radical (unpaired) electrons. The first-order chi connectivity index (χ1) is 13.3. The number of carbonyl (C=O) groups is 1. The number of hydrogen-bond acceptors (Lipinski definition) is 5. The fraction of sp³-hybridized carbons (Fsp3) is 0.273. The van der Waals surface area contributed by atoms with Crippen molar-refractivity contribution in [1.82, 2.24) is 15.0 Å². The summed E-state index contributed by atoms with van der Waals surface area (Å²) in [6.07, 6.45) is 4.87. The highest BCUT2D eigenvalue weighted by Gasteiger charge is 2.16. The van der Waals surface area contributed by atoms with E-state index < -0.39 is 11.6 Å². The van der Waals surface area contributed by atoms with Crippen LogP contribution in [0.15, 0.2) is 42.9 Å². The van der Waals surface area contributed by atoms with Gasteiger partial charge in [0.25, 0.3) is 0 Å². The molecule has 0 bridgehead atoms. The maximum absolute atomic E-state index is 13.9. The lowest BCUT2D eigenvalue weighted by molar-refractivity contribution is 0.103. The number of nitrogens with zero attached hydrogens (tertiary/aromatic N) is 3. The quantitative estimate of drug-likeness (QED) is 0.624. The summed E-state index contributed by atoms with van der Waals surface area (Å²) >= 11 is 0. The Hall–Kier alpha value is -3.15. The first-order valence-corrected chi connectivity index (χ1v) is 9.19. The van der Waals surface area contributed by atoms with Crippen LogP contribution < -0.4 is 5.32 Å². The van der Waals surface area contributed by atoms with Crippen LogP contribution in [0, 0.1) is 25.6 Å². The molecular formula is C22H23FN4O. The van der Waals surface area contributed by atoms with Gasteiger partial charge >= 0.3 is 0 Å². The molecule has 0 aliphatic heterocycles. The summed E-state index contributed by atoms with van der Waals surface area (Å²) in [6, 6.07) is 7.66. The largest absolute Gasteiger partial charge is 0.324 e. The van der Waals surface area contributed by atoms with Gasteiger partial charge in [-0.2, -0.15) is 0 Å². The summed E-state index contributed by atoms with van der Waals surface area (Å²) in [5.41, 5.74) is 4.04. The van der Waals surface area contributed by atoms with Gasteiger partial charge in [0.15, 0.2) is 11.6 Å². The molecule has 0 unspecified atom stereocenters. The summed E-state index contributed by atoms with van der Waals surface area (Å²) in [7, 11) is 0. The minimum Gasteiger partial charge on any atom is -0.324 e. The van der Waals surface area contributed by atoms with Gasteiger partial charge in [-0.3, -0.25) is 9.78 Å². The summed E-state index contributed by atoms with van der Waals surface area (Å²) in [5, 5.41) is 3.16. The Balaban J connectivity index is 1.76. The Bertz CT molecular complexity index is 1000. The van der Waals surface area contributed by atoms with E-state index >= 15 is 0 Å². The molecule has 6 heteroatoms. The van der Waals surface area contributed by atoms with E-state index in [0.29, 0.717) is 17.6 Å². The lowest BCUT2D eigenvalue weighted by Crippen LogP contribution is -2.08. The molecule has 0 saturated heterocycles. The zero-order chi connectivity index (χ0) is 20.3. The zero-order valence-electron chi connectivity index (χ0n) is 16.5. The lowest BCUT2D eigenvalue weighted by atomic mass is 10.0. The van der Waals surface area contributed by atoms with Crippen LogP contribution in [0.5, 0.6) is 0 Å². The predicted molar refractivity (Wildman–Crippen MR) is 107 cm³/mol. The minimum atomic E-state index is -0.657. The summed E-state index contributed by atoms with van der Waals surface area (Å²) in [6.45, 7) is 8.11.